The highest BCUT2D eigenvalue weighted by molar-refractivity contribution is 9.10. The number of rotatable bonds is 4. The maximum absolute atomic E-state index is 4.19. The predicted molar refractivity (Wildman–Crippen MR) is 151 cm³/mol. The first kappa shape index (κ1) is 24.0. The van der Waals surface area contributed by atoms with Gasteiger partial charge in [-0.15, -0.1) is 0 Å². The molecule has 0 aliphatic rings. The normalized spacial score (nSPS) is 11.0. The molecule has 0 saturated carbocycles. The van der Waals surface area contributed by atoms with Crippen molar-refractivity contribution in [1.29, 1.82) is 0 Å². The fourth-order valence-electron chi connectivity index (χ4n) is 5.33. The Kier molecular flexibility index (Phi) is 6.97. The SMILES string of the molecule is Cc1cc(Br)cc(C)c1B(c1c(C)cc(Br)cc1C)c1c(C)cc(-c2ccncc2)cc1C. The molecule has 166 valence electrons. The van der Waals surface area contributed by atoms with Crippen LogP contribution in [-0.4, -0.2) is 11.7 Å². The molecule has 1 aromatic heterocycles. The Morgan fingerprint density at radius 2 is 0.848 bits per heavy atom. The van der Waals surface area contributed by atoms with E-state index in [1.807, 2.05) is 12.4 Å². The van der Waals surface area contributed by atoms with Crippen LogP contribution in [0.2, 0.25) is 0 Å². The Morgan fingerprint density at radius 1 is 0.515 bits per heavy atom. The lowest BCUT2D eigenvalue weighted by molar-refractivity contribution is 1.32. The number of benzene rings is 3. The monoisotopic (exact) mass is 559 g/mol. The van der Waals surface area contributed by atoms with Crippen molar-refractivity contribution in [2.24, 2.45) is 0 Å². The topological polar surface area (TPSA) is 12.9 Å². The van der Waals surface area contributed by atoms with Gasteiger partial charge in [0.2, 0.25) is 6.71 Å². The van der Waals surface area contributed by atoms with Crippen LogP contribution < -0.4 is 16.4 Å². The van der Waals surface area contributed by atoms with E-state index in [-0.39, 0.29) is 6.71 Å². The molecule has 3 aromatic carbocycles. The van der Waals surface area contributed by atoms with Crippen LogP contribution in [0.4, 0.5) is 0 Å². The van der Waals surface area contributed by atoms with E-state index in [9.17, 15) is 0 Å². The zero-order valence-electron chi connectivity index (χ0n) is 20.1. The van der Waals surface area contributed by atoms with Crippen molar-refractivity contribution < 1.29 is 0 Å². The third-order valence-corrected chi connectivity index (χ3v) is 7.51. The second-order valence-corrected chi connectivity index (χ2v) is 10.9. The summed E-state index contributed by atoms with van der Waals surface area (Å²) in [5.74, 6) is 0. The largest absolute Gasteiger partial charge is 0.265 e. The lowest BCUT2D eigenvalue weighted by Crippen LogP contribution is -2.57. The van der Waals surface area contributed by atoms with Gasteiger partial charge >= 0.3 is 0 Å². The molecule has 0 bridgehead atoms. The lowest BCUT2D eigenvalue weighted by Gasteiger charge is -2.27. The van der Waals surface area contributed by atoms with Crippen LogP contribution in [0, 0.1) is 41.5 Å². The first-order valence-electron chi connectivity index (χ1n) is 11.2. The minimum absolute atomic E-state index is 0.165. The molecule has 0 unspecified atom stereocenters. The first-order valence-corrected chi connectivity index (χ1v) is 12.8. The molecule has 1 nitrogen and oxygen atoms in total. The number of aryl methyl sites for hydroxylation is 6. The summed E-state index contributed by atoms with van der Waals surface area (Å²) in [6.07, 6.45) is 3.72. The van der Waals surface area contributed by atoms with Crippen molar-refractivity contribution in [3.8, 4) is 11.1 Å². The Labute approximate surface area is 215 Å². The van der Waals surface area contributed by atoms with Crippen molar-refractivity contribution in [1.82, 2.24) is 4.98 Å². The van der Waals surface area contributed by atoms with E-state index in [1.165, 1.54) is 60.9 Å². The highest BCUT2D eigenvalue weighted by Gasteiger charge is 2.31. The van der Waals surface area contributed by atoms with Gasteiger partial charge in [0.15, 0.2) is 0 Å². The Hall–Kier alpha value is -2.17. The van der Waals surface area contributed by atoms with Crippen molar-refractivity contribution in [2.75, 3.05) is 0 Å². The van der Waals surface area contributed by atoms with Crippen LogP contribution in [0.3, 0.4) is 0 Å². The molecule has 4 heteroatoms. The van der Waals surface area contributed by atoms with Crippen LogP contribution >= 0.6 is 31.9 Å². The van der Waals surface area contributed by atoms with E-state index >= 15 is 0 Å². The third kappa shape index (κ3) is 4.74. The molecule has 0 atom stereocenters. The van der Waals surface area contributed by atoms with Crippen molar-refractivity contribution >= 4 is 55.0 Å². The molecule has 4 aromatic rings. The van der Waals surface area contributed by atoms with Crippen LogP contribution in [0.5, 0.6) is 0 Å². The van der Waals surface area contributed by atoms with E-state index in [4.69, 9.17) is 0 Å². The molecule has 0 aliphatic carbocycles. The molecule has 0 aliphatic heterocycles. The zero-order valence-corrected chi connectivity index (χ0v) is 23.2. The van der Waals surface area contributed by atoms with Gasteiger partial charge in [-0.1, -0.05) is 93.8 Å². The molecule has 4 rings (SSSR count). The summed E-state index contributed by atoms with van der Waals surface area (Å²) in [4.78, 5) is 4.19. The fraction of sp³-hybridized carbons (Fsp3) is 0.207. The van der Waals surface area contributed by atoms with Gasteiger partial charge in [0.1, 0.15) is 0 Å². The highest BCUT2D eigenvalue weighted by atomic mass is 79.9. The van der Waals surface area contributed by atoms with Gasteiger partial charge in [-0.3, -0.25) is 4.98 Å². The molecule has 1 heterocycles. The Bertz CT molecular complexity index is 1220. The summed E-state index contributed by atoms with van der Waals surface area (Å²) in [6, 6.07) is 17.8. The molecule has 0 fully saturated rings. The van der Waals surface area contributed by atoms with Gasteiger partial charge in [-0.25, -0.2) is 0 Å². The maximum atomic E-state index is 4.19. The molecule has 0 radical (unpaired) electrons. The van der Waals surface area contributed by atoms with Crippen LogP contribution in [0.25, 0.3) is 11.1 Å². The summed E-state index contributed by atoms with van der Waals surface area (Å²) in [5.41, 5.74) is 14.5. The molecule has 33 heavy (non-hydrogen) atoms. The number of halogens is 2. The lowest BCUT2D eigenvalue weighted by atomic mass is 9.33. The van der Waals surface area contributed by atoms with Crippen molar-refractivity contribution in [3.63, 3.8) is 0 Å². The van der Waals surface area contributed by atoms with E-state index in [0.29, 0.717) is 0 Å². The number of nitrogens with zero attached hydrogens (tertiary/aromatic N) is 1. The quantitative estimate of drug-likeness (QED) is 0.255. The first-order chi connectivity index (χ1) is 15.7. The Morgan fingerprint density at radius 3 is 1.21 bits per heavy atom. The van der Waals surface area contributed by atoms with Crippen LogP contribution in [-0.2, 0) is 0 Å². The predicted octanol–water partition coefficient (Wildman–Crippen LogP) is 6.64. The molecule has 0 amide bonds. The average Bonchev–Trinajstić information content (AvgIpc) is 2.72. The summed E-state index contributed by atoms with van der Waals surface area (Å²) in [7, 11) is 0. The van der Waals surface area contributed by atoms with Crippen molar-refractivity contribution in [2.45, 2.75) is 41.5 Å². The summed E-state index contributed by atoms with van der Waals surface area (Å²) in [6.45, 7) is 13.6. The summed E-state index contributed by atoms with van der Waals surface area (Å²) in [5, 5.41) is 0. The van der Waals surface area contributed by atoms with Gasteiger partial charge < -0.3 is 0 Å². The van der Waals surface area contributed by atoms with Crippen LogP contribution in [0.1, 0.15) is 33.4 Å². The molecule has 0 spiro atoms. The van der Waals surface area contributed by atoms with Gasteiger partial charge in [0.25, 0.3) is 0 Å². The highest BCUT2D eigenvalue weighted by Crippen LogP contribution is 2.23. The summed E-state index contributed by atoms with van der Waals surface area (Å²) < 4.78 is 2.26. The van der Waals surface area contributed by atoms with Gasteiger partial charge in [-0.2, -0.15) is 0 Å². The minimum atomic E-state index is 0.165. The number of pyridine rings is 1. The third-order valence-electron chi connectivity index (χ3n) is 6.59. The molecular formula is C29H28BBr2N. The van der Waals surface area contributed by atoms with Gasteiger partial charge in [0.05, 0.1) is 0 Å². The van der Waals surface area contributed by atoms with E-state index in [0.717, 1.165) is 8.95 Å². The Balaban J connectivity index is 2.04. The van der Waals surface area contributed by atoms with E-state index in [1.54, 1.807) is 0 Å². The van der Waals surface area contributed by atoms with Crippen molar-refractivity contribution in [3.05, 3.63) is 103 Å². The summed E-state index contributed by atoms with van der Waals surface area (Å²) >= 11 is 7.40. The van der Waals surface area contributed by atoms with E-state index < -0.39 is 0 Å². The maximum Gasteiger partial charge on any atom is 0.243 e. The standard InChI is InChI=1S/C29H28BBr2N/c1-17-11-24(23-7-9-33-10-8-23)12-18(2)27(17)30(28-19(3)13-25(31)14-20(28)4)29-21(5)15-26(32)16-22(29)6/h7-16H,1-6H3. The number of aromatic nitrogens is 1. The molecule has 0 saturated heterocycles. The van der Waals surface area contributed by atoms with Gasteiger partial charge in [-0.05, 0) is 89.1 Å². The second-order valence-electron chi connectivity index (χ2n) is 9.10. The smallest absolute Gasteiger partial charge is 0.243 e. The fourth-order valence-corrected chi connectivity index (χ4v) is 6.70. The molecule has 0 N–H and O–H groups in total. The number of hydrogen-bond donors (Lipinski definition) is 0. The number of hydrogen-bond acceptors (Lipinski definition) is 1. The molecular weight excluding hydrogens is 533 g/mol. The van der Waals surface area contributed by atoms with Gasteiger partial charge in [0, 0.05) is 21.3 Å². The zero-order chi connectivity index (χ0) is 23.9. The minimum Gasteiger partial charge on any atom is -0.265 e. The van der Waals surface area contributed by atoms with E-state index in [2.05, 4.69) is 127 Å². The van der Waals surface area contributed by atoms with Crippen LogP contribution in [0.15, 0.2) is 69.9 Å². The second kappa shape index (κ2) is 9.60. The average molecular weight is 561 g/mol.